The maximum Gasteiger partial charge on any atom is 0.339 e. The average molecular weight is 282 g/mol. The molecule has 0 aliphatic carbocycles. The monoisotopic (exact) mass is 282 g/mol. The van der Waals surface area contributed by atoms with Crippen LogP contribution in [0, 0.1) is 13.8 Å². The number of aryl methyl sites for hydroxylation is 1. The van der Waals surface area contributed by atoms with Crippen molar-refractivity contribution >= 4 is 5.97 Å². The Morgan fingerprint density at radius 3 is 2.45 bits per heavy atom. The van der Waals surface area contributed by atoms with E-state index in [9.17, 15) is 9.90 Å². The molecule has 1 atom stereocenters. The molecule has 0 aliphatic rings. The third kappa shape index (κ3) is 3.95. The number of aliphatic hydroxyl groups is 1. The molecule has 0 aromatic heterocycles. The van der Waals surface area contributed by atoms with Crippen LogP contribution >= 0.6 is 0 Å². The summed E-state index contributed by atoms with van der Waals surface area (Å²) < 4.78 is 5.46. The molecule has 20 heavy (non-hydrogen) atoms. The minimum atomic E-state index is -0.778. The summed E-state index contributed by atoms with van der Waals surface area (Å²) in [5.41, 5.74) is 0.849. The Morgan fingerprint density at radius 2 is 1.95 bits per heavy atom. The predicted octanol–water partition coefficient (Wildman–Crippen LogP) is 2.86. The molecule has 0 saturated heterocycles. The maximum atomic E-state index is 12.3. The molecule has 0 fully saturated rings. The Kier molecular flexibility index (Phi) is 5.14. The highest BCUT2D eigenvalue weighted by Crippen LogP contribution is 2.27. The van der Waals surface area contributed by atoms with Crippen molar-refractivity contribution in [2.75, 3.05) is 0 Å². The van der Waals surface area contributed by atoms with Crippen LogP contribution in [0.25, 0.3) is 0 Å². The molecule has 1 aromatic rings. The number of benzene rings is 1. The summed E-state index contributed by atoms with van der Waals surface area (Å²) >= 11 is 0. The van der Waals surface area contributed by atoms with E-state index in [0.717, 1.165) is 5.56 Å². The smallest absolute Gasteiger partial charge is 0.339 e. The van der Waals surface area contributed by atoms with Gasteiger partial charge in [-0.3, -0.25) is 0 Å². The summed E-state index contributed by atoms with van der Waals surface area (Å²) in [5, 5.41) is 18.2. The van der Waals surface area contributed by atoms with Crippen LogP contribution < -0.4 is 4.89 Å². The van der Waals surface area contributed by atoms with Gasteiger partial charge in [-0.15, -0.1) is 0 Å². The average Bonchev–Trinajstić information content (AvgIpc) is 2.26. The van der Waals surface area contributed by atoms with Gasteiger partial charge in [0.25, 0.3) is 0 Å². The second-order valence-electron chi connectivity index (χ2n) is 5.67. The van der Waals surface area contributed by atoms with Gasteiger partial charge in [-0.05, 0) is 46.2 Å². The Balaban J connectivity index is 3.04. The minimum Gasteiger partial charge on any atom is -0.456 e. The highest BCUT2D eigenvalue weighted by Gasteiger charge is 2.27. The molecular weight excluding hydrogens is 260 g/mol. The van der Waals surface area contributed by atoms with Crippen molar-refractivity contribution in [2.24, 2.45) is 0 Å². The van der Waals surface area contributed by atoms with Gasteiger partial charge >= 0.3 is 5.97 Å². The highest BCUT2D eigenvalue weighted by atomic mass is 17.1. The molecule has 0 radical (unpaired) electrons. The molecule has 0 heterocycles. The van der Waals surface area contributed by atoms with Gasteiger partial charge in [-0.25, -0.2) is 10.1 Å². The molecule has 2 N–H and O–H groups in total. The number of aliphatic hydroxyl groups excluding tert-OH is 1. The number of ether oxygens (including phenoxy) is 1. The molecule has 0 saturated carbocycles. The lowest BCUT2D eigenvalue weighted by Gasteiger charge is -2.27. The maximum absolute atomic E-state index is 12.3. The molecule has 0 aliphatic heterocycles. The number of rotatable bonds is 5. The molecular formula is C15H22O5. The summed E-state index contributed by atoms with van der Waals surface area (Å²) in [6.07, 6.45) is -0.223. The quantitative estimate of drug-likeness (QED) is 0.493. The topological polar surface area (TPSA) is 76.0 Å². The van der Waals surface area contributed by atoms with E-state index in [0.29, 0.717) is 17.5 Å². The number of carbonyl (C=O) groups is 1. The largest absolute Gasteiger partial charge is 0.456 e. The fraction of sp³-hybridized carbons (Fsp3) is 0.533. The van der Waals surface area contributed by atoms with Crippen LogP contribution in [0.2, 0.25) is 0 Å². The van der Waals surface area contributed by atoms with Crippen molar-refractivity contribution in [3.63, 3.8) is 0 Å². The van der Waals surface area contributed by atoms with E-state index in [2.05, 4.69) is 4.89 Å². The lowest BCUT2D eigenvalue weighted by molar-refractivity contribution is -0.138. The van der Waals surface area contributed by atoms with Crippen molar-refractivity contribution in [2.45, 2.75) is 52.7 Å². The number of hydrogen-bond donors (Lipinski definition) is 2. The fourth-order valence-electron chi connectivity index (χ4n) is 2.30. The van der Waals surface area contributed by atoms with E-state index in [1.54, 1.807) is 46.8 Å². The Bertz CT molecular complexity index is 491. The molecule has 112 valence electrons. The third-order valence-electron chi connectivity index (χ3n) is 3.08. The fourth-order valence-corrected chi connectivity index (χ4v) is 2.30. The van der Waals surface area contributed by atoms with E-state index in [4.69, 9.17) is 9.99 Å². The number of hydrogen-bond acceptors (Lipinski definition) is 5. The van der Waals surface area contributed by atoms with Crippen molar-refractivity contribution in [1.82, 2.24) is 0 Å². The molecule has 0 amide bonds. The van der Waals surface area contributed by atoms with Gasteiger partial charge in [0.2, 0.25) is 0 Å². The summed E-state index contributed by atoms with van der Waals surface area (Å²) in [6.45, 7) is 8.60. The normalized spacial score (nSPS) is 12.9. The summed E-state index contributed by atoms with van der Waals surface area (Å²) in [6, 6.07) is 3.26. The zero-order chi connectivity index (χ0) is 15.5. The van der Waals surface area contributed by atoms with Crippen molar-refractivity contribution in [3.8, 4) is 5.75 Å². The lowest BCUT2D eigenvalue weighted by Crippen LogP contribution is -2.32. The van der Waals surface area contributed by atoms with Crippen LogP contribution in [0.3, 0.4) is 0 Å². The van der Waals surface area contributed by atoms with E-state index in [1.807, 2.05) is 0 Å². The van der Waals surface area contributed by atoms with Gasteiger partial charge in [0.1, 0.15) is 5.60 Å². The van der Waals surface area contributed by atoms with Crippen LogP contribution in [0.5, 0.6) is 5.75 Å². The number of esters is 1. The molecule has 5 nitrogen and oxygen atoms in total. The lowest BCUT2D eigenvalue weighted by atomic mass is 9.99. The van der Waals surface area contributed by atoms with Crippen LogP contribution in [-0.4, -0.2) is 28.0 Å². The molecule has 1 rings (SSSR count). The van der Waals surface area contributed by atoms with Crippen molar-refractivity contribution in [3.05, 3.63) is 28.8 Å². The first kappa shape index (κ1) is 16.5. The molecule has 5 heteroatoms. The molecule has 1 unspecified atom stereocenters. The molecule has 0 bridgehead atoms. The van der Waals surface area contributed by atoms with Gasteiger partial charge < -0.3 is 14.7 Å². The van der Waals surface area contributed by atoms with Crippen LogP contribution in [0.4, 0.5) is 0 Å². The molecule has 1 aromatic carbocycles. The first-order chi connectivity index (χ1) is 9.18. The Labute approximate surface area is 119 Å². The third-order valence-corrected chi connectivity index (χ3v) is 3.08. The van der Waals surface area contributed by atoms with Crippen molar-refractivity contribution in [1.29, 1.82) is 0 Å². The van der Waals surface area contributed by atoms with E-state index in [1.165, 1.54) is 0 Å². The van der Waals surface area contributed by atoms with Crippen LogP contribution in [0.1, 0.15) is 48.7 Å². The number of carbonyl (C=O) groups excluding carboxylic acids is 1. The summed E-state index contributed by atoms with van der Waals surface area (Å²) in [4.78, 5) is 16.5. The second-order valence-corrected chi connectivity index (χ2v) is 5.67. The SMILES string of the molecule is Cc1ccc(OO)c(C)c1C(=O)OC(C)(C)CC(C)O. The summed E-state index contributed by atoms with van der Waals surface area (Å²) in [5.74, 6) is -0.277. The summed E-state index contributed by atoms with van der Waals surface area (Å²) in [7, 11) is 0. The van der Waals surface area contributed by atoms with E-state index in [-0.39, 0.29) is 5.75 Å². The Morgan fingerprint density at radius 1 is 1.35 bits per heavy atom. The zero-order valence-electron chi connectivity index (χ0n) is 12.6. The van der Waals surface area contributed by atoms with E-state index >= 15 is 0 Å². The van der Waals surface area contributed by atoms with Gasteiger partial charge in [0.05, 0.1) is 11.7 Å². The first-order valence-electron chi connectivity index (χ1n) is 6.51. The zero-order valence-corrected chi connectivity index (χ0v) is 12.6. The van der Waals surface area contributed by atoms with Gasteiger partial charge in [0, 0.05) is 12.0 Å². The van der Waals surface area contributed by atoms with Gasteiger partial charge in [0.15, 0.2) is 5.75 Å². The van der Waals surface area contributed by atoms with E-state index < -0.39 is 17.7 Å². The van der Waals surface area contributed by atoms with Crippen molar-refractivity contribution < 1.29 is 24.8 Å². The highest BCUT2D eigenvalue weighted by molar-refractivity contribution is 5.93. The van der Waals surface area contributed by atoms with Crippen LogP contribution in [0.15, 0.2) is 12.1 Å². The minimum absolute atomic E-state index is 0.218. The predicted molar refractivity (Wildman–Crippen MR) is 75.0 cm³/mol. The molecule has 0 spiro atoms. The Hall–Kier alpha value is -1.59. The van der Waals surface area contributed by atoms with Crippen LogP contribution in [-0.2, 0) is 4.74 Å². The standard InChI is InChI=1S/C15H22O5/c1-9-6-7-12(20-18)11(3)13(9)14(17)19-15(4,5)8-10(2)16/h6-7,10,16,18H,8H2,1-5H3. The van der Waals surface area contributed by atoms with Gasteiger partial charge in [-0.2, -0.15) is 0 Å². The first-order valence-corrected chi connectivity index (χ1v) is 6.51. The van der Waals surface area contributed by atoms with Gasteiger partial charge in [-0.1, -0.05) is 6.07 Å². The second kappa shape index (κ2) is 6.24.